The fourth-order valence-electron chi connectivity index (χ4n) is 2.06. The van der Waals surface area contributed by atoms with Gasteiger partial charge in [-0.2, -0.15) is 0 Å². The predicted octanol–water partition coefficient (Wildman–Crippen LogP) is 1.75. The third-order valence-corrected chi connectivity index (χ3v) is 2.99. The van der Waals surface area contributed by atoms with E-state index in [4.69, 9.17) is 4.42 Å². The highest BCUT2D eigenvalue weighted by molar-refractivity contribution is 5.60. The Hall–Kier alpha value is -1.81. The van der Waals surface area contributed by atoms with Crippen molar-refractivity contribution in [3.63, 3.8) is 0 Å². The molecule has 1 aliphatic rings. The Labute approximate surface area is 100 Å². The Balaban J connectivity index is 1.88. The van der Waals surface area contributed by atoms with Gasteiger partial charge in [-0.3, -0.25) is 0 Å². The average Bonchev–Trinajstić information content (AvgIpc) is 2.94. The minimum absolute atomic E-state index is 0.967. The SMILES string of the molecule is c1cc(-c2ccoc2)nc(N2CCNCC2)c1. The van der Waals surface area contributed by atoms with Crippen LogP contribution in [0.5, 0.6) is 0 Å². The Kier molecular flexibility index (Phi) is 2.80. The van der Waals surface area contributed by atoms with Gasteiger partial charge in [0.15, 0.2) is 0 Å². The summed E-state index contributed by atoms with van der Waals surface area (Å²) < 4.78 is 5.09. The number of nitrogens with zero attached hydrogens (tertiary/aromatic N) is 2. The first kappa shape index (κ1) is 10.4. The van der Waals surface area contributed by atoms with E-state index in [1.165, 1.54) is 0 Å². The van der Waals surface area contributed by atoms with Crippen LogP contribution in [-0.4, -0.2) is 31.2 Å². The number of furan rings is 1. The summed E-state index contributed by atoms with van der Waals surface area (Å²) in [7, 11) is 0. The van der Waals surface area contributed by atoms with Crippen LogP contribution in [-0.2, 0) is 0 Å². The molecule has 0 aromatic carbocycles. The normalized spacial score (nSPS) is 16.1. The van der Waals surface area contributed by atoms with Crippen LogP contribution in [0.25, 0.3) is 11.3 Å². The molecule has 4 nitrogen and oxygen atoms in total. The molecule has 3 heterocycles. The van der Waals surface area contributed by atoms with Crippen LogP contribution in [0.2, 0.25) is 0 Å². The van der Waals surface area contributed by atoms with Crippen molar-refractivity contribution in [3.8, 4) is 11.3 Å². The molecule has 0 aliphatic carbocycles. The number of aromatic nitrogens is 1. The summed E-state index contributed by atoms with van der Waals surface area (Å²) in [5, 5.41) is 3.34. The van der Waals surface area contributed by atoms with Crippen molar-refractivity contribution in [1.82, 2.24) is 10.3 Å². The second kappa shape index (κ2) is 4.59. The standard InChI is InChI=1S/C13H15N3O/c1-2-12(11-4-9-17-10-11)15-13(3-1)16-7-5-14-6-8-16/h1-4,9-10,14H,5-8H2. The molecule has 3 rings (SSSR count). The Bertz CT molecular complexity index is 475. The van der Waals surface area contributed by atoms with Crippen LogP contribution in [0.15, 0.2) is 41.2 Å². The zero-order valence-corrected chi connectivity index (χ0v) is 9.60. The van der Waals surface area contributed by atoms with E-state index >= 15 is 0 Å². The predicted molar refractivity (Wildman–Crippen MR) is 67.0 cm³/mol. The summed E-state index contributed by atoms with van der Waals surface area (Å²) >= 11 is 0. The molecule has 0 amide bonds. The molecule has 1 N–H and O–H groups in total. The first-order chi connectivity index (χ1) is 8.43. The van der Waals surface area contributed by atoms with Crippen LogP contribution >= 0.6 is 0 Å². The summed E-state index contributed by atoms with van der Waals surface area (Å²) in [4.78, 5) is 6.98. The zero-order chi connectivity index (χ0) is 11.5. The molecule has 1 aliphatic heterocycles. The number of pyridine rings is 1. The highest BCUT2D eigenvalue weighted by Gasteiger charge is 2.12. The number of piperazine rings is 1. The third kappa shape index (κ3) is 2.17. The lowest BCUT2D eigenvalue weighted by Crippen LogP contribution is -2.43. The maximum absolute atomic E-state index is 5.09. The van der Waals surface area contributed by atoms with E-state index in [1.54, 1.807) is 12.5 Å². The molecule has 88 valence electrons. The summed E-state index contributed by atoms with van der Waals surface area (Å²) in [6, 6.07) is 8.06. The number of hydrogen-bond acceptors (Lipinski definition) is 4. The zero-order valence-electron chi connectivity index (χ0n) is 9.60. The minimum Gasteiger partial charge on any atom is -0.472 e. The van der Waals surface area contributed by atoms with E-state index in [1.807, 2.05) is 18.2 Å². The van der Waals surface area contributed by atoms with Crippen molar-refractivity contribution in [2.75, 3.05) is 31.1 Å². The van der Waals surface area contributed by atoms with Crippen LogP contribution in [0.4, 0.5) is 5.82 Å². The van der Waals surface area contributed by atoms with Crippen LogP contribution in [0.1, 0.15) is 0 Å². The van der Waals surface area contributed by atoms with Gasteiger partial charge in [-0.1, -0.05) is 6.07 Å². The molecule has 0 unspecified atom stereocenters. The van der Waals surface area contributed by atoms with Gasteiger partial charge < -0.3 is 14.6 Å². The molecule has 0 atom stereocenters. The highest BCUT2D eigenvalue weighted by atomic mass is 16.3. The number of hydrogen-bond donors (Lipinski definition) is 1. The summed E-state index contributed by atoms with van der Waals surface area (Å²) in [5.74, 6) is 1.05. The lowest BCUT2D eigenvalue weighted by atomic mass is 10.2. The fraction of sp³-hybridized carbons (Fsp3) is 0.308. The number of anilines is 1. The van der Waals surface area contributed by atoms with E-state index < -0.39 is 0 Å². The number of rotatable bonds is 2. The highest BCUT2D eigenvalue weighted by Crippen LogP contribution is 2.21. The first-order valence-electron chi connectivity index (χ1n) is 5.89. The maximum Gasteiger partial charge on any atom is 0.129 e. The fourth-order valence-corrected chi connectivity index (χ4v) is 2.06. The monoisotopic (exact) mass is 229 g/mol. The van der Waals surface area contributed by atoms with E-state index in [9.17, 15) is 0 Å². The van der Waals surface area contributed by atoms with Crippen molar-refractivity contribution in [1.29, 1.82) is 0 Å². The van der Waals surface area contributed by atoms with Gasteiger partial charge >= 0.3 is 0 Å². The van der Waals surface area contributed by atoms with Gasteiger partial charge in [-0.05, 0) is 18.2 Å². The van der Waals surface area contributed by atoms with Gasteiger partial charge in [0.2, 0.25) is 0 Å². The van der Waals surface area contributed by atoms with Gasteiger partial charge in [-0.25, -0.2) is 4.98 Å². The molecule has 1 fully saturated rings. The second-order valence-electron chi connectivity index (χ2n) is 4.13. The van der Waals surface area contributed by atoms with Gasteiger partial charge in [0.1, 0.15) is 5.82 Å². The molecule has 4 heteroatoms. The van der Waals surface area contributed by atoms with E-state index in [0.29, 0.717) is 0 Å². The Morgan fingerprint density at radius 1 is 1.18 bits per heavy atom. The van der Waals surface area contributed by atoms with Gasteiger partial charge in [0.05, 0.1) is 18.2 Å². The van der Waals surface area contributed by atoms with Gasteiger partial charge in [0, 0.05) is 31.7 Å². The largest absolute Gasteiger partial charge is 0.472 e. The molecule has 0 bridgehead atoms. The topological polar surface area (TPSA) is 41.3 Å². The summed E-state index contributed by atoms with van der Waals surface area (Å²) in [6.45, 7) is 4.08. The van der Waals surface area contributed by atoms with E-state index in [-0.39, 0.29) is 0 Å². The van der Waals surface area contributed by atoms with Gasteiger partial charge in [0.25, 0.3) is 0 Å². The van der Waals surface area contributed by atoms with Crippen molar-refractivity contribution in [2.45, 2.75) is 0 Å². The Morgan fingerprint density at radius 3 is 2.82 bits per heavy atom. The Morgan fingerprint density at radius 2 is 2.06 bits per heavy atom. The van der Waals surface area contributed by atoms with Crippen molar-refractivity contribution in [2.24, 2.45) is 0 Å². The lowest BCUT2D eigenvalue weighted by Gasteiger charge is -2.28. The molecule has 0 radical (unpaired) electrons. The molecule has 1 saturated heterocycles. The van der Waals surface area contributed by atoms with Crippen LogP contribution < -0.4 is 10.2 Å². The third-order valence-electron chi connectivity index (χ3n) is 2.99. The molecule has 2 aromatic rings. The lowest BCUT2D eigenvalue weighted by molar-refractivity contribution is 0.568. The molecule has 0 saturated carbocycles. The molecule has 17 heavy (non-hydrogen) atoms. The first-order valence-corrected chi connectivity index (χ1v) is 5.89. The van der Waals surface area contributed by atoms with Crippen molar-refractivity contribution >= 4 is 5.82 Å². The molecular formula is C13H15N3O. The average molecular weight is 229 g/mol. The van der Waals surface area contributed by atoms with Gasteiger partial charge in [-0.15, -0.1) is 0 Å². The van der Waals surface area contributed by atoms with Crippen LogP contribution in [0.3, 0.4) is 0 Å². The summed E-state index contributed by atoms with van der Waals surface area (Å²) in [5.41, 5.74) is 2.00. The quantitative estimate of drug-likeness (QED) is 0.851. The molecule has 0 spiro atoms. The van der Waals surface area contributed by atoms with Crippen molar-refractivity contribution < 1.29 is 4.42 Å². The minimum atomic E-state index is 0.967. The number of nitrogens with one attached hydrogen (secondary N) is 1. The van der Waals surface area contributed by atoms with Crippen LogP contribution in [0, 0.1) is 0 Å². The second-order valence-corrected chi connectivity index (χ2v) is 4.13. The smallest absolute Gasteiger partial charge is 0.129 e. The van der Waals surface area contributed by atoms with E-state index in [0.717, 1.165) is 43.3 Å². The molecule has 2 aromatic heterocycles. The van der Waals surface area contributed by atoms with Crippen molar-refractivity contribution in [3.05, 3.63) is 36.8 Å². The summed E-state index contributed by atoms with van der Waals surface area (Å²) in [6.07, 6.45) is 3.40. The molecular weight excluding hydrogens is 214 g/mol. The van der Waals surface area contributed by atoms with E-state index in [2.05, 4.69) is 21.3 Å². The maximum atomic E-state index is 5.09.